The summed E-state index contributed by atoms with van der Waals surface area (Å²) in [6, 6.07) is 0. The summed E-state index contributed by atoms with van der Waals surface area (Å²) in [5, 5.41) is 10.1. The highest BCUT2D eigenvalue weighted by Gasteiger charge is 2.45. The summed E-state index contributed by atoms with van der Waals surface area (Å²) in [6.45, 7) is 6.47. The molecular weight excluding hydrogens is 512 g/mol. The molecule has 228 valence electrons. The van der Waals surface area contributed by atoms with Crippen molar-refractivity contribution >= 4 is 5.97 Å². The van der Waals surface area contributed by atoms with E-state index in [-0.39, 0.29) is 18.0 Å². The maximum absolute atomic E-state index is 12.3. The van der Waals surface area contributed by atoms with E-state index in [0.29, 0.717) is 43.7 Å². The van der Waals surface area contributed by atoms with E-state index in [1.807, 2.05) is 0 Å². The summed E-state index contributed by atoms with van der Waals surface area (Å²) >= 11 is 0. The smallest absolute Gasteiger partial charge is 0.374 e. The summed E-state index contributed by atoms with van der Waals surface area (Å²) in [6.07, 6.45) is 16.8. The Balaban J connectivity index is 1.29. The summed E-state index contributed by atoms with van der Waals surface area (Å²) in [4.78, 5) is 12.3. The number of epoxide rings is 1. The third-order valence-electron chi connectivity index (χ3n) is 8.91. The zero-order chi connectivity index (χ0) is 28.2. The number of methoxy groups -OCH3 is 1. The second-order valence-electron chi connectivity index (χ2n) is 12.0. The SMILES string of the molecule is C=C1CC[C@H](CCCCCCCCOC)[C@H]1C[C@H]1OC1CC(OC1CCCCO1)=C(OC1CCCCO1)C(=O)O. The predicted molar refractivity (Wildman–Crippen MR) is 151 cm³/mol. The highest BCUT2D eigenvalue weighted by atomic mass is 16.7. The molecule has 0 spiro atoms. The first kappa shape index (κ1) is 31.3. The van der Waals surface area contributed by atoms with Crippen LogP contribution in [0.5, 0.6) is 0 Å². The van der Waals surface area contributed by atoms with E-state index in [0.717, 1.165) is 58.0 Å². The lowest BCUT2D eigenvalue weighted by Gasteiger charge is -2.27. The highest BCUT2D eigenvalue weighted by Crippen LogP contribution is 2.46. The molecule has 0 radical (unpaired) electrons. The first-order chi connectivity index (χ1) is 19.5. The Morgan fingerprint density at radius 1 is 0.900 bits per heavy atom. The van der Waals surface area contributed by atoms with Crippen molar-refractivity contribution in [2.45, 2.75) is 134 Å². The number of rotatable bonds is 18. The van der Waals surface area contributed by atoms with E-state index in [2.05, 4.69) is 6.58 Å². The third-order valence-corrected chi connectivity index (χ3v) is 8.91. The Kier molecular flexibility index (Phi) is 13.1. The fraction of sp³-hybridized carbons (Fsp3) is 0.844. The average Bonchev–Trinajstić information content (AvgIpc) is 3.61. The van der Waals surface area contributed by atoms with Crippen LogP contribution < -0.4 is 0 Å². The first-order valence-corrected chi connectivity index (χ1v) is 15.9. The van der Waals surface area contributed by atoms with Crippen LogP contribution in [0, 0.1) is 11.8 Å². The van der Waals surface area contributed by atoms with Crippen LogP contribution in [0.2, 0.25) is 0 Å². The van der Waals surface area contributed by atoms with Crippen LogP contribution in [0.3, 0.4) is 0 Å². The van der Waals surface area contributed by atoms with Crippen LogP contribution in [0.4, 0.5) is 0 Å². The number of carbonyl (C=O) groups is 1. The summed E-state index contributed by atoms with van der Waals surface area (Å²) in [5.41, 5.74) is 1.35. The van der Waals surface area contributed by atoms with E-state index in [9.17, 15) is 9.90 Å². The Morgan fingerprint density at radius 3 is 2.23 bits per heavy atom. The number of carboxylic acids is 1. The quantitative estimate of drug-likeness (QED) is 0.0633. The molecule has 1 N–H and O–H groups in total. The molecule has 6 atom stereocenters. The highest BCUT2D eigenvalue weighted by molar-refractivity contribution is 5.84. The molecule has 0 aromatic carbocycles. The number of carboxylic acid groups (broad SMARTS) is 1. The van der Waals surface area contributed by atoms with Crippen LogP contribution in [0.25, 0.3) is 0 Å². The molecule has 3 unspecified atom stereocenters. The lowest BCUT2D eigenvalue weighted by Crippen LogP contribution is -2.28. The van der Waals surface area contributed by atoms with E-state index < -0.39 is 18.5 Å². The molecule has 40 heavy (non-hydrogen) atoms. The van der Waals surface area contributed by atoms with Crippen molar-refractivity contribution in [1.82, 2.24) is 0 Å². The Morgan fingerprint density at radius 2 is 1.57 bits per heavy atom. The van der Waals surface area contributed by atoms with Gasteiger partial charge in [-0.1, -0.05) is 44.3 Å². The molecule has 0 bridgehead atoms. The largest absolute Gasteiger partial charge is 0.475 e. The minimum atomic E-state index is -1.14. The molecule has 3 aliphatic heterocycles. The fourth-order valence-electron chi connectivity index (χ4n) is 6.48. The van der Waals surface area contributed by atoms with Crippen molar-refractivity contribution in [3.8, 4) is 0 Å². The van der Waals surface area contributed by atoms with Gasteiger partial charge >= 0.3 is 5.97 Å². The van der Waals surface area contributed by atoms with Crippen molar-refractivity contribution in [2.75, 3.05) is 26.9 Å². The molecule has 1 saturated carbocycles. The summed E-state index contributed by atoms with van der Waals surface area (Å²) in [5.74, 6) is 0.167. The van der Waals surface area contributed by atoms with Crippen LogP contribution in [-0.4, -0.2) is 62.8 Å². The number of hydrogen-bond acceptors (Lipinski definition) is 7. The van der Waals surface area contributed by atoms with E-state index in [4.69, 9.17) is 28.4 Å². The van der Waals surface area contributed by atoms with E-state index in [1.54, 1.807) is 7.11 Å². The van der Waals surface area contributed by atoms with E-state index in [1.165, 1.54) is 50.5 Å². The lowest BCUT2D eigenvalue weighted by atomic mass is 9.85. The van der Waals surface area contributed by atoms with Gasteiger partial charge in [-0.25, -0.2) is 4.79 Å². The topological polar surface area (TPSA) is 96.0 Å². The van der Waals surface area contributed by atoms with Gasteiger partial charge in [0.05, 0.1) is 25.4 Å². The van der Waals surface area contributed by atoms with Gasteiger partial charge in [0.15, 0.2) is 18.3 Å². The molecule has 4 aliphatic rings. The fourth-order valence-corrected chi connectivity index (χ4v) is 6.48. The molecule has 8 heteroatoms. The number of aliphatic carboxylic acids is 1. The van der Waals surface area contributed by atoms with Gasteiger partial charge in [-0.3, -0.25) is 0 Å². The summed E-state index contributed by atoms with van der Waals surface area (Å²) < 4.78 is 34.8. The van der Waals surface area contributed by atoms with Gasteiger partial charge in [-0.2, -0.15) is 0 Å². The molecule has 3 saturated heterocycles. The van der Waals surface area contributed by atoms with Crippen molar-refractivity contribution in [3.05, 3.63) is 23.7 Å². The summed E-state index contributed by atoms with van der Waals surface area (Å²) in [7, 11) is 1.77. The van der Waals surface area contributed by atoms with Crippen LogP contribution in [0.1, 0.15) is 109 Å². The van der Waals surface area contributed by atoms with Crippen molar-refractivity contribution < 1.29 is 38.3 Å². The number of unbranched alkanes of at least 4 members (excludes halogenated alkanes) is 5. The molecule has 1 aliphatic carbocycles. The molecule has 0 aromatic heterocycles. The maximum Gasteiger partial charge on any atom is 0.374 e. The second-order valence-corrected chi connectivity index (χ2v) is 12.0. The Labute approximate surface area is 240 Å². The minimum absolute atomic E-state index is 0.0787. The second kappa shape index (κ2) is 16.7. The van der Waals surface area contributed by atoms with Crippen molar-refractivity contribution in [2.24, 2.45) is 11.8 Å². The molecule has 8 nitrogen and oxygen atoms in total. The Bertz CT molecular complexity index is 814. The molecule has 0 aromatic rings. The van der Waals surface area contributed by atoms with Crippen LogP contribution in [0.15, 0.2) is 23.7 Å². The van der Waals surface area contributed by atoms with Gasteiger partial charge in [0.25, 0.3) is 0 Å². The maximum atomic E-state index is 12.3. The monoisotopic (exact) mass is 564 g/mol. The zero-order valence-electron chi connectivity index (χ0n) is 24.6. The zero-order valence-corrected chi connectivity index (χ0v) is 24.6. The number of hydrogen-bond donors (Lipinski definition) is 1. The van der Waals surface area contributed by atoms with Gasteiger partial charge in [0.2, 0.25) is 5.76 Å². The molecule has 4 fully saturated rings. The van der Waals surface area contributed by atoms with E-state index >= 15 is 0 Å². The van der Waals surface area contributed by atoms with Crippen molar-refractivity contribution in [1.29, 1.82) is 0 Å². The van der Waals surface area contributed by atoms with Gasteiger partial charge in [0.1, 0.15) is 0 Å². The predicted octanol–water partition coefficient (Wildman–Crippen LogP) is 6.88. The minimum Gasteiger partial charge on any atom is -0.475 e. The normalized spacial score (nSPS) is 31.1. The van der Waals surface area contributed by atoms with Gasteiger partial charge in [0, 0.05) is 33.0 Å². The number of allylic oxidation sites excluding steroid dienone is 1. The standard InChI is InChI=1S/C32H52O8/c1-23-16-17-24(13-7-5-3-4-6-10-18-35-2)25(23)21-26-27(38-26)22-28(39-29-14-8-11-19-36-29)31(32(33)34)40-30-15-9-12-20-37-30/h24-27,29-30H,1,3-22H2,2H3,(H,33,34)/t24-,25-,26+,27?,29?,30?/m0/s1. The lowest BCUT2D eigenvalue weighted by molar-refractivity contribution is -0.170. The average molecular weight is 565 g/mol. The van der Waals surface area contributed by atoms with Crippen molar-refractivity contribution in [3.63, 3.8) is 0 Å². The van der Waals surface area contributed by atoms with Gasteiger partial charge in [-0.05, 0) is 69.6 Å². The van der Waals surface area contributed by atoms with Gasteiger partial charge in [-0.15, -0.1) is 0 Å². The third kappa shape index (κ3) is 10.0. The Hall–Kier alpha value is -1.61. The molecule has 4 rings (SSSR count). The molecular formula is C32H52O8. The van der Waals surface area contributed by atoms with Crippen LogP contribution >= 0.6 is 0 Å². The molecule has 3 heterocycles. The first-order valence-electron chi connectivity index (χ1n) is 15.9. The van der Waals surface area contributed by atoms with Crippen LogP contribution in [-0.2, 0) is 33.2 Å². The number of ether oxygens (including phenoxy) is 6. The van der Waals surface area contributed by atoms with Gasteiger partial charge < -0.3 is 33.5 Å². The molecule has 0 amide bonds.